The highest BCUT2D eigenvalue weighted by Gasteiger charge is 2.29. The Morgan fingerprint density at radius 2 is 2.00 bits per heavy atom. The zero-order valence-electron chi connectivity index (χ0n) is 8.49. The highest BCUT2D eigenvalue weighted by Crippen LogP contribution is 2.17. The van der Waals surface area contributed by atoms with Gasteiger partial charge in [0.05, 0.1) is 20.1 Å². The summed E-state index contributed by atoms with van der Waals surface area (Å²) in [5.74, 6) is -0.452. The number of nitrogens with zero attached hydrogens (tertiary/aromatic N) is 1. The highest BCUT2D eigenvalue weighted by molar-refractivity contribution is 5.74. The predicted molar refractivity (Wildman–Crippen MR) is 48.7 cm³/mol. The molecule has 14 heavy (non-hydrogen) atoms. The van der Waals surface area contributed by atoms with Crippen molar-refractivity contribution >= 4 is 12.1 Å². The number of piperidine rings is 1. The predicted octanol–water partition coefficient (Wildman–Crippen LogP) is 0.638. The van der Waals surface area contributed by atoms with Crippen LogP contribution in [0.4, 0.5) is 4.79 Å². The number of esters is 1. The van der Waals surface area contributed by atoms with Crippen LogP contribution in [0.1, 0.15) is 12.8 Å². The number of carbonyl (C=O) groups excluding carboxylic acids is 2. The van der Waals surface area contributed by atoms with Gasteiger partial charge < -0.3 is 14.4 Å². The summed E-state index contributed by atoms with van der Waals surface area (Å²) in [6, 6.07) is 0. The second kappa shape index (κ2) is 4.83. The van der Waals surface area contributed by atoms with Crippen LogP contribution in [0, 0.1) is 5.92 Å². The molecule has 0 N–H and O–H groups in total. The van der Waals surface area contributed by atoms with Crippen LogP contribution in [0.5, 0.6) is 0 Å². The lowest BCUT2D eigenvalue weighted by Gasteiger charge is -2.29. The average Bonchev–Trinajstić information content (AvgIpc) is 2.27. The minimum atomic E-state index is -0.376. The Bertz CT molecular complexity index is 207. The third-order valence-corrected chi connectivity index (χ3v) is 2.39. The fourth-order valence-electron chi connectivity index (χ4n) is 1.63. The summed E-state index contributed by atoms with van der Waals surface area (Å²) in [6.45, 7) is 1.06. The molecule has 1 amide bonds. The number of hydrogen-bond acceptors (Lipinski definition) is 4. The van der Waals surface area contributed by atoms with Gasteiger partial charge in [-0.3, -0.25) is 4.79 Å². The lowest BCUT2D eigenvalue weighted by atomic mass is 9.99. The molecule has 0 saturated carbocycles. The van der Waals surface area contributed by atoms with Crippen molar-refractivity contribution in [3.8, 4) is 0 Å². The van der Waals surface area contributed by atoms with Crippen molar-refractivity contribution in [2.24, 2.45) is 5.92 Å². The van der Waals surface area contributed by atoms with E-state index in [1.165, 1.54) is 19.1 Å². The molecule has 1 aliphatic rings. The molecule has 1 atom stereocenters. The minimum absolute atomic E-state index is 0.201. The van der Waals surface area contributed by atoms with E-state index < -0.39 is 0 Å². The number of carbonyl (C=O) groups is 2. The summed E-state index contributed by atoms with van der Waals surface area (Å²) in [5.41, 5.74) is 0. The molecule has 80 valence electrons. The number of rotatable bonds is 1. The molecule has 0 bridgehead atoms. The Balaban J connectivity index is 2.51. The van der Waals surface area contributed by atoms with Crippen molar-refractivity contribution in [2.45, 2.75) is 12.8 Å². The van der Waals surface area contributed by atoms with Gasteiger partial charge in [-0.25, -0.2) is 4.79 Å². The van der Waals surface area contributed by atoms with E-state index in [9.17, 15) is 9.59 Å². The van der Waals surface area contributed by atoms with E-state index in [4.69, 9.17) is 0 Å². The summed E-state index contributed by atoms with van der Waals surface area (Å²) in [5, 5.41) is 0. The molecule has 0 aromatic heterocycles. The molecule has 0 radical (unpaired) electrons. The first-order chi connectivity index (χ1) is 6.69. The molecule has 0 spiro atoms. The molecule has 1 heterocycles. The van der Waals surface area contributed by atoms with Crippen LogP contribution >= 0.6 is 0 Å². The topological polar surface area (TPSA) is 55.8 Å². The first-order valence-corrected chi connectivity index (χ1v) is 4.59. The van der Waals surface area contributed by atoms with Gasteiger partial charge in [-0.15, -0.1) is 0 Å². The zero-order valence-corrected chi connectivity index (χ0v) is 8.49. The molecule has 1 aliphatic heterocycles. The molecule has 0 aromatic rings. The van der Waals surface area contributed by atoms with Crippen LogP contribution in [-0.4, -0.2) is 44.3 Å². The summed E-state index contributed by atoms with van der Waals surface area (Å²) in [4.78, 5) is 23.9. The van der Waals surface area contributed by atoms with Crippen molar-refractivity contribution in [1.82, 2.24) is 4.90 Å². The Kier molecular flexibility index (Phi) is 3.73. The smallest absolute Gasteiger partial charge is 0.409 e. The summed E-state index contributed by atoms with van der Waals surface area (Å²) >= 11 is 0. The lowest BCUT2D eigenvalue weighted by molar-refractivity contribution is -0.147. The van der Waals surface area contributed by atoms with E-state index in [2.05, 4.69) is 9.47 Å². The van der Waals surface area contributed by atoms with Gasteiger partial charge in [-0.05, 0) is 12.8 Å². The Hall–Kier alpha value is -1.26. The van der Waals surface area contributed by atoms with Crippen LogP contribution in [0.2, 0.25) is 0 Å². The molecule has 1 fully saturated rings. The summed E-state index contributed by atoms with van der Waals surface area (Å²) in [6.07, 6.45) is 1.22. The van der Waals surface area contributed by atoms with E-state index in [1.807, 2.05) is 0 Å². The van der Waals surface area contributed by atoms with Crippen molar-refractivity contribution in [2.75, 3.05) is 27.3 Å². The molecule has 0 aliphatic carbocycles. The second-order valence-corrected chi connectivity index (χ2v) is 3.28. The Morgan fingerprint density at radius 3 is 2.57 bits per heavy atom. The van der Waals surface area contributed by atoms with E-state index >= 15 is 0 Å². The third kappa shape index (κ3) is 2.37. The van der Waals surface area contributed by atoms with Crippen molar-refractivity contribution in [3.05, 3.63) is 0 Å². The Labute approximate surface area is 83.0 Å². The van der Waals surface area contributed by atoms with Crippen LogP contribution in [0.3, 0.4) is 0 Å². The van der Waals surface area contributed by atoms with Gasteiger partial charge >= 0.3 is 12.1 Å². The SMILES string of the molecule is COC(=O)[C@H]1CCCN(C(=O)OC)C1. The number of amides is 1. The second-order valence-electron chi connectivity index (χ2n) is 3.28. The first-order valence-electron chi connectivity index (χ1n) is 4.59. The van der Waals surface area contributed by atoms with Gasteiger partial charge in [0.25, 0.3) is 0 Å². The van der Waals surface area contributed by atoms with Crippen LogP contribution in [-0.2, 0) is 14.3 Å². The highest BCUT2D eigenvalue weighted by atomic mass is 16.5. The fourth-order valence-corrected chi connectivity index (χ4v) is 1.63. The maximum Gasteiger partial charge on any atom is 0.409 e. The summed E-state index contributed by atoms with van der Waals surface area (Å²) in [7, 11) is 2.70. The van der Waals surface area contributed by atoms with Crippen molar-refractivity contribution in [3.63, 3.8) is 0 Å². The molecule has 5 nitrogen and oxygen atoms in total. The van der Waals surface area contributed by atoms with Gasteiger partial charge in [0.2, 0.25) is 0 Å². The van der Waals surface area contributed by atoms with Gasteiger partial charge in [-0.2, -0.15) is 0 Å². The van der Waals surface area contributed by atoms with Gasteiger partial charge in [0, 0.05) is 13.1 Å². The maximum atomic E-state index is 11.2. The number of hydrogen-bond donors (Lipinski definition) is 0. The zero-order chi connectivity index (χ0) is 10.6. The quantitative estimate of drug-likeness (QED) is 0.584. The monoisotopic (exact) mass is 201 g/mol. The number of likely N-dealkylation sites (tertiary alicyclic amines) is 1. The molecular weight excluding hydrogens is 186 g/mol. The van der Waals surface area contributed by atoms with Crippen molar-refractivity contribution in [1.29, 1.82) is 0 Å². The Morgan fingerprint density at radius 1 is 1.29 bits per heavy atom. The molecule has 1 saturated heterocycles. The van der Waals surface area contributed by atoms with E-state index in [-0.39, 0.29) is 18.0 Å². The standard InChI is InChI=1S/C9H15NO4/c1-13-8(11)7-4-3-5-10(6-7)9(12)14-2/h7H,3-6H2,1-2H3/t7-/m0/s1. The minimum Gasteiger partial charge on any atom is -0.469 e. The molecule has 0 unspecified atom stereocenters. The van der Waals surface area contributed by atoms with E-state index in [0.29, 0.717) is 13.1 Å². The molecule has 1 rings (SSSR count). The number of ether oxygens (including phenoxy) is 2. The van der Waals surface area contributed by atoms with Crippen LogP contribution in [0.15, 0.2) is 0 Å². The van der Waals surface area contributed by atoms with Crippen LogP contribution in [0.25, 0.3) is 0 Å². The molecule has 0 aromatic carbocycles. The average molecular weight is 201 g/mol. The summed E-state index contributed by atoms with van der Waals surface area (Å²) < 4.78 is 9.22. The molecule has 5 heteroatoms. The van der Waals surface area contributed by atoms with Gasteiger partial charge in [0.15, 0.2) is 0 Å². The normalized spacial score (nSPS) is 21.6. The number of methoxy groups -OCH3 is 2. The third-order valence-electron chi connectivity index (χ3n) is 2.39. The van der Waals surface area contributed by atoms with E-state index in [1.54, 1.807) is 0 Å². The van der Waals surface area contributed by atoms with Crippen molar-refractivity contribution < 1.29 is 19.1 Å². The maximum absolute atomic E-state index is 11.2. The van der Waals surface area contributed by atoms with Gasteiger partial charge in [0.1, 0.15) is 0 Å². The lowest BCUT2D eigenvalue weighted by Crippen LogP contribution is -2.42. The van der Waals surface area contributed by atoms with E-state index in [0.717, 1.165) is 12.8 Å². The van der Waals surface area contributed by atoms with Crippen LogP contribution < -0.4 is 0 Å². The fraction of sp³-hybridized carbons (Fsp3) is 0.778. The first kappa shape index (κ1) is 10.8. The molecular formula is C9H15NO4. The van der Waals surface area contributed by atoms with Gasteiger partial charge in [-0.1, -0.05) is 0 Å². The largest absolute Gasteiger partial charge is 0.469 e.